The highest BCUT2D eigenvalue weighted by molar-refractivity contribution is 7.93. The SMILES string of the molecule is CCOC(=O)CN(c1ccc2c(c1)CCCN2C(=O)CCc1ccc(C(=N)N)cc1)S(=O)(=O)c1cccc2ccccc12.Cl. The summed E-state index contributed by atoms with van der Waals surface area (Å²) >= 11 is 0. The molecule has 9 nitrogen and oxygen atoms in total. The molecule has 11 heteroatoms. The molecule has 5 rings (SSSR count). The number of anilines is 2. The van der Waals surface area contributed by atoms with Crippen LogP contribution in [0.3, 0.4) is 0 Å². The van der Waals surface area contributed by atoms with Gasteiger partial charge in [0.2, 0.25) is 5.91 Å². The normalized spacial score (nSPS) is 12.6. The number of hydrogen-bond acceptors (Lipinski definition) is 6. The smallest absolute Gasteiger partial charge is 0.326 e. The highest BCUT2D eigenvalue weighted by Gasteiger charge is 2.31. The minimum atomic E-state index is -4.17. The standard InChI is InChI=1S/C33H34N4O5S.ClH/c1-2-42-32(39)22-37(43(40,41)30-11-5-8-24-7-3-4-10-28(24)30)27-17-18-29-26(21-27)9-6-20-36(29)31(38)19-14-23-12-15-25(16-13-23)33(34)35;/h3-5,7-8,10-13,15-18,21H,2,6,9,14,19-20,22H2,1H3,(H3,34,35);1H. The summed E-state index contributed by atoms with van der Waals surface area (Å²) in [7, 11) is -4.17. The number of benzene rings is 4. The summed E-state index contributed by atoms with van der Waals surface area (Å²) in [5.74, 6) is -0.689. The number of halogens is 1. The van der Waals surface area contributed by atoms with Crippen LogP contribution in [0.2, 0.25) is 0 Å². The Labute approximate surface area is 263 Å². The van der Waals surface area contributed by atoms with E-state index < -0.39 is 22.5 Å². The number of aryl methyl sites for hydroxylation is 2. The molecule has 4 aromatic carbocycles. The summed E-state index contributed by atoms with van der Waals surface area (Å²) in [5.41, 5.74) is 9.05. The maximum atomic E-state index is 14.1. The molecule has 44 heavy (non-hydrogen) atoms. The van der Waals surface area contributed by atoms with E-state index in [1.807, 2.05) is 30.3 Å². The van der Waals surface area contributed by atoms with Gasteiger partial charge in [-0.15, -0.1) is 12.4 Å². The van der Waals surface area contributed by atoms with Crippen molar-refractivity contribution in [1.29, 1.82) is 5.41 Å². The summed E-state index contributed by atoms with van der Waals surface area (Å²) in [6.45, 7) is 1.88. The lowest BCUT2D eigenvalue weighted by atomic mass is 9.99. The zero-order valence-corrected chi connectivity index (χ0v) is 26.0. The number of amides is 1. The number of rotatable bonds is 10. The quantitative estimate of drug-likeness (QED) is 0.140. The number of fused-ring (bicyclic) bond motifs is 2. The van der Waals surface area contributed by atoms with Gasteiger partial charge in [-0.1, -0.05) is 60.7 Å². The van der Waals surface area contributed by atoms with Crippen LogP contribution < -0.4 is 14.9 Å². The molecule has 0 aromatic heterocycles. The average Bonchev–Trinajstić information content (AvgIpc) is 3.01. The topological polar surface area (TPSA) is 134 Å². The summed E-state index contributed by atoms with van der Waals surface area (Å²) in [6, 6.07) is 24.7. The van der Waals surface area contributed by atoms with Crippen LogP contribution in [-0.4, -0.2) is 45.8 Å². The molecule has 0 fully saturated rings. The van der Waals surface area contributed by atoms with E-state index in [4.69, 9.17) is 15.9 Å². The second-order valence-electron chi connectivity index (χ2n) is 10.4. The van der Waals surface area contributed by atoms with Crippen LogP contribution in [0, 0.1) is 5.41 Å². The van der Waals surface area contributed by atoms with Crippen molar-refractivity contribution in [3.63, 3.8) is 0 Å². The number of sulfonamides is 1. The zero-order valence-electron chi connectivity index (χ0n) is 24.4. The van der Waals surface area contributed by atoms with Gasteiger partial charge in [0.15, 0.2) is 0 Å². The van der Waals surface area contributed by atoms with Gasteiger partial charge >= 0.3 is 5.97 Å². The number of ether oxygens (including phenoxy) is 1. The molecular weight excluding hydrogens is 600 g/mol. The molecule has 1 heterocycles. The number of esters is 1. The van der Waals surface area contributed by atoms with E-state index in [0.717, 1.165) is 32.9 Å². The monoisotopic (exact) mass is 634 g/mol. The first-order valence-electron chi connectivity index (χ1n) is 14.2. The highest BCUT2D eigenvalue weighted by atomic mass is 35.5. The Bertz CT molecular complexity index is 1790. The number of hydrogen-bond donors (Lipinski definition) is 2. The van der Waals surface area contributed by atoms with Gasteiger partial charge in [0.05, 0.1) is 17.2 Å². The molecule has 1 amide bonds. The van der Waals surface area contributed by atoms with E-state index in [2.05, 4.69) is 0 Å². The number of nitrogen functional groups attached to an aromatic ring is 1. The van der Waals surface area contributed by atoms with Gasteiger partial charge in [-0.25, -0.2) is 8.42 Å². The van der Waals surface area contributed by atoms with Crippen LogP contribution in [0.4, 0.5) is 11.4 Å². The van der Waals surface area contributed by atoms with Gasteiger partial charge in [0.25, 0.3) is 10.0 Å². The number of carbonyl (C=O) groups excluding carboxylic acids is 2. The molecule has 230 valence electrons. The largest absolute Gasteiger partial charge is 0.465 e. The minimum Gasteiger partial charge on any atom is -0.465 e. The number of nitrogens with one attached hydrogen (secondary N) is 1. The van der Waals surface area contributed by atoms with Crippen LogP contribution >= 0.6 is 12.4 Å². The number of amidine groups is 1. The summed E-state index contributed by atoms with van der Waals surface area (Å²) < 4.78 is 34.5. The van der Waals surface area contributed by atoms with Crippen molar-refractivity contribution in [1.82, 2.24) is 0 Å². The van der Waals surface area contributed by atoms with Crippen molar-refractivity contribution >= 4 is 62.3 Å². The Morgan fingerprint density at radius 2 is 1.73 bits per heavy atom. The Kier molecular flexibility index (Phi) is 10.3. The van der Waals surface area contributed by atoms with Gasteiger partial charge in [-0.3, -0.25) is 19.3 Å². The first-order chi connectivity index (χ1) is 20.7. The number of carbonyl (C=O) groups is 2. The van der Waals surface area contributed by atoms with Crippen LogP contribution in [0.1, 0.15) is 36.5 Å². The molecule has 0 aliphatic carbocycles. The predicted molar refractivity (Wildman–Crippen MR) is 175 cm³/mol. The maximum Gasteiger partial charge on any atom is 0.326 e. The van der Waals surface area contributed by atoms with E-state index in [1.165, 1.54) is 0 Å². The Hall–Kier alpha value is -4.41. The van der Waals surface area contributed by atoms with Gasteiger partial charge in [0.1, 0.15) is 12.4 Å². The van der Waals surface area contributed by atoms with Crippen LogP contribution in [0.15, 0.2) is 89.8 Å². The maximum absolute atomic E-state index is 14.1. The van der Waals surface area contributed by atoms with E-state index in [9.17, 15) is 18.0 Å². The van der Waals surface area contributed by atoms with Gasteiger partial charge in [0, 0.05) is 29.6 Å². The molecule has 0 unspecified atom stereocenters. The first kappa shape index (κ1) is 32.5. The number of nitrogens with zero attached hydrogens (tertiary/aromatic N) is 2. The summed E-state index contributed by atoms with van der Waals surface area (Å²) in [4.78, 5) is 27.8. The first-order valence-corrected chi connectivity index (χ1v) is 15.7. The third kappa shape index (κ3) is 6.87. The van der Waals surface area contributed by atoms with Gasteiger partial charge < -0.3 is 15.4 Å². The van der Waals surface area contributed by atoms with Crippen molar-refractivity contribution in [3.8, 4) is 0 Å². The molecule has 0 radical (unpaired) electrons. The average molecular weight is 635 g/mol. The third-order valence-electron chi connectivity index (χ3n) is 7.56. The molecule has 0 spiro atoms. The minimum absolute atomic E-state index is 0. The molecule has 0 saturated heterocycles. The lowest BCUT2D eigenvalue weighted by Crippen LogP contribution is -2.38. The van der Waals surface area contributed by atoms with Crippen molar-refractivity contribution in [2.45, 2.75) is 37.5 Å². The fourth-order valence-electron chi connectivity index (χ4n) is 5.41. The van der Waals surface area contributed by atoms with Crippen molar-refractivity contribution in [3.05, 3.63) is 102 Å². The second kappa shape index (κ2) is 13.9. The molecule has 1 aliphatic heterocycles. The molecule has 4 aromatic rings. The third-order valence-corrected chi connectivity index (χ3v) is 9.39. The van der Waals surface area contributed by atoms with E-state index in [0.29, 0.717) is 42.4 Å². The fraction of sp³-hybridized carbons (Fsp3) is 0.242. The van der Waals surface area contributed by atoms with Crippen LogP contribution in [-0.2, 0) is 37.2 Å². The lowest BCUT2D eigenvalue weighted by molar-refractivity contribution is -0.141. The fourth-order valence-corrected chi connectivity index (χ4v) is 7.03. The van der Waals surface area contributed by atoms with Crippen molar-refractivity contribution < 1.29 is 22.7 Å². The Balaban J connectivity index is 0.00000442. The van der Waals surface area contributed by atoms with E-state index in [1.54, 1.807) is 66.4 Å². The van der Waals surface area contributed by atoms with Crippen LogP contribution in [0.5, 0.6) is 0 Å². The lowest BCUT2D eigenvalue weighted by Gasteiger charge is -2.31. The van der Waals surface area contributed by atoms with Crippen molar-refractivity contribution in [2.75, 3.05) is 28.9 Å². The molecule has 0 atom stereocenters. The molecule has 0 saturated carbocycles. The van der Waals surface area contributed by atoms with E-state index in [-0.39, 0.29) is 35.7 Å². The predicted octanol–water partition coefficient (Wildman–Crippen LogP) is 5.22. The molecular formula is C33H35ClN4O5S. The molecule has 1 aliphatic rings. The molecule has 3 N–H and O–H groups in total. The van der Waals surface area contributed by atoms with Gasteiger partial charge in [-0.2, -0.15) is 0 Å². The van der Waals surface area contributed by atoms with Gasteiger partial charge in [-0.05, 0) is 67.0 Å². The zero-order chi connectivity index (χ0) is 30.6. The number of nitrogens with two attached hydrogens (primary N) is 1. The van der Waals surface area contributed by atoms with Crippen molar-refractivity contribution in [2.24, 2.45) is 5.73 Å². The summed E-state index contributed by atoms with van der Waals surface area (Å²) in [5, 5.41) is 8.87. The van der Waals surface area contributed by atoms with E-state index >= 15 is 0 Å². The summed E-state index contributed by atoms with van der Waals surface area (Å²) in [6.07, 6.45) is 2.23. The highest BCUT2D eigenvalue weighted by Crippen LogP contribution is 2.35. The second-order valence-corrected chi connectivity index (χ2v) is 12.2. The van der Waals surface area contributed by atoms with Crippen LogP contribution in [0.25, 0.3) is 10.8 Å². The Morgan fingerprint density at radius 3 is 2.45 bits per heavy atom. The Morgan fingerprint density at radius 1 is 1.00 bits per heavy atom. The molecule has 0 bridgehead atoms.